The van der Waals surface area contributed by atoms with Gasteiger partial charge in [-0.2, -0.15) is 0 Å². The zero-order valence-corrected chi connectivity index (χ0v) is 25.0. The maximum atomic E-state index is 13.8. The van der Waals surface area contributed by atoms with Crippen LogP contribution in [0, 0.1) is 0 Å². The van der Waals surface area contributed by atoms with Crippen molar-refractivity contribution in [3.8, 4) is 11.5 Å². The highest BCUT2D eigenvalue weighted by Crippen LogP contribution is 2.34. The van der Waals surface area contributed by atoms with Crippen molar-refractivity contribution >= 4 is 50.7 Å². The van der Waals surface area contributed by atoms with Gasteiger partial charge in [-0.15, -0.1) is 0 Å². The van der Waals surface area contributed by atoms with Gasteiger partial charge in [-0.1, -0.05) is 36.2 Å². The molecular weight excluding hydrogens is 553 g/mol. The number of methoxy groups -OCH3 is 2. The molecule has 2 aromatic rings. The van der Waals surface area contributed by atoms with Crippen LogP contribution < -0.4 is 19.1 Å². The summed E-state index contributed by atoms with van der Waals surface area (Å²) in [4.78, 5) is 28.4. The molecule has 0 unspecified atom stereocenters. The first-order chi connectivity index (χ1) is 17.6. The van der Waals surface area contributed by atoms with E-state index in [1.807, 2.05) is 20.8 Å². The molecule has 1 N–H and O–H groups in total. The average molecular weight is 589 g/mol. The average Bonchev–Trinajstić information content (AvgIpc) is 2.82. The maximum absolute atomic E-state index is 13.8. The van der Waals surface area contributed by atoms with Crippen molar-refractivity contribution in [2.75, 3.05) is 31.3 Å². The van der Waals surface area contributed by atoms with E-state index in [0.717, 1.165) is 10.6 Å². The summed E-state index contributed by atoms with van der Waals surface area (Å²) >= 11 is 12.3. The highest BCUT2D eigenvalue weighted by molar-refractivity contribution is 7.92. The van der Waals surface area contributed by atoms with Gasteiger partial charge in [-0.05, 0) is 57.0 Å². The Kier molecular flexibility index (Phi) is 10.7. The number of amides is 2. The van der Waals surface area contributed by atoms with E-state index in [0.29, 0.717) is 27.8 Å². The molecule has 0 aliphatic heterocycles. The van der Waals surface area contributed by atoms with Crippen LogP contribution in [-0.4, -0.2) is 63.7 Å². The summed E-state index contributed by atoms with van der Waals surface area (Å²) in [5.74, 6) is -0.288. The summed E-state index contributed by atoms with van der Waals surface area (Å²) in [6.07, 6.45) is 1.29. The van der Waals surface area contributed by atoms with Crippen LogP contribution in [0.25, 0.3) is 0 Å². The van der Waals surface area contributed by atoms with Crippen molar-refractivity contribution in [1.82, 2.24) is 10.2 Å². The first kappa shape index (κ1) is 31.5. The second kappa shape index (κ2) is 12.9. The summed E-state index contributed by atoms with van der Waals surface area (Å²) in [6.45, 7) is 6.73. The highest BCUT2D eigenvalue weighted by atomic mass is 35.5. The van der Waals surface area contributed by atoms with Gasteiger partial charge in [0.15, 0.2) is 0 Å². The van der Waals surface area contributed by atoms with Gasteiger partial charge in [0.2, 0.25) is 21.8 Å². The minimum Gasteiger partial charge on any atom is -0.497 e. The monoisotopic (exact) mass is 587 g/mol. The minimum atomic E-state index is -3.94. The zero-order chi connectivity index (χ0) is 28.8. The molecule has 38 heavy (non-hydrogen) atoms. The third-order valence-corrected chi connectivity index (χ3v) is 7.42. The van der Waals surface area contributed by atoms with Crippen LogP contribution in [0.2, 0.25) is 10.0 Å². The molecule has 1 atom stereocenters. The number of halogens is 2. The van der Waals surface area contributed by atoms with Crippen LogP contribution in [0.1, 0.15) is 39.7 Å². The van der Waals surface area contributed by atoms with Crippen LogP contribution in [-0.2, 0) is 26.2 Å². The van der Waals surface area contributed by atoms with Crippen LogP contribution >= 0.6 is 23.2 Å². The fraction of sp³-hybridized carbons (Fsp3) is 0.462. The molecule has 0 saturated heterocycles. The molecule has 2 amide bonds. The van der Waals surface area contributed by atoms with E-state index in [1.54, 1.807) is 31.2 Å². The van der Waals surface area contributed by atoms with Crippen LogP contribution in [0.15, 0.2) is 36.4 Å². The molecular formula is C26H35Cl2N3O6S. The quantitative estimate of drug-likeness (QED) is 0.415. The molecule has 0 heterocycles. The Hall–Kier alpha value is -2.69. The fourth-order valence-corrected chi connectivity index (χ4v) is 4.97. The Morgan fingerprint density at radius 3 is 2.18 bits per heavy atom. The smallest absolute Gasteiger partial charge is 0.244 e. The minimum absolute atomic E-state index is 0.00312. The Morgan fingerprint density at radius 1 is 1.03 bits per heavy atom. The summed E-state index contributed by atoms with van der Waals surface area (Å²) in [7, 11) is -1.08. The van der Waals surface area contributed by atoms with Gasteiger partial charge in [0.1, 0.15) is 24.1 Å². The molecule has 12 heteroatoms. The normalized spacial score (nSPS) is 12.4. The Bertz CT molecular complexity index is 1260. The number of rotatable bonds is 11. The predicted octanol–water partition coefficient (Wildman–Crippen LogP) is 4.50. The van der Waals surface area contributed by atoms with E-state index in [4.69, 9.17) is 32.7 Å². The molecule has 0 bridgehead atoms. The van der Waals surface area contributed by atoms with Gasteiger partial charge in [0, 0.05) is 18.2 Å². The van der Waals surface area contributed by atoms with Gasteiger partial charge in [-0.25, -0.2) is 8.42 Å². The fourth-order valence-electron chi connectivity index (χ4n) is 3.79. The number of sulfonamides is 1. The lowest BCUT2D eigenvalue weighted by Crippen LogP contribution is -2.55. The first-order valence-electron chi connectivity index (χ1n) is 11.9. The van der Waals surface area contributed by atoms with E-state index in [9.17, 15) is 18.0 Å². The third kappa shape index (κ3) is 8.41. The van der Waals surface area contributed by atoms with E-state index < -0.39 is 34.1 Å². The third-order valence-electron chi connectivity index (χ3n) is 5.56. The summed E-state index contributed by atoms with van der Waals surface area (Å²) in [5, 5.41) is 3.56. The maximum Gasteiger partial charge on any atom is 0.244 e. The Labute approximate surface area is 235 Å². The molecule has 0 spiro atoms. The molecule has 0 aromatic heterocycles. The van der Waals surface area contributed by atoms with Crippen molar-refractivity contribution in [1.29, 1.82) is 0 Å². The number of nitrogens with zero attached hydrogens (tertiary/aromatic N) is 2. The molecule has 9 nitrogen and oxygen atoms in total. The number of benzene rings is 2. The molecule has 2 aromatic carbocycles. The molecule has 0 aliphatic carbocycles. The topological polar surface area (TPSA) is 105 Å². The van der Waals surface area contributed by atoms with Crippen molar-refractivity contribution < 1.29 is 27.5 Å². The SMILES string of the molecule is CC[C@@H](C(=O)NC(C)(C)C)N(Cc1ccc(Cl)c(Cl)c1)C(=O)CN(c1ccc(OC)cc1OC)S(C)(=O)=O. The zero-order valence-electron chi connectivity index (χ0n) is 22.7. The van der Waals surface area contributed by atoms with Crippen LogP contribution in [0.4, 0.5) is 5.69 Å². The van der Waals surface area contributed by atoms with Crippen molar-refractivity contribution in [2.24, 2.45) is 0 Å². The number of anilines is 1. The van der Waals surface area contributed by atoms with Gasteiger partial charge in [-0.3, -0.25) is 13.9 Å². The van der Waals surface area contributed by atoms with Gasteiger partial charge in [0.25, 0.3) is 0 Å². The predicted molar refractivity (Wildman–Crippen MR) is 151 cm³/mol. The number of ether oxygens (including phenoxy) is 2. The number of hydrogen-bond donors (Lipinski definition) is 1. The van der Waals surface area contributed by atoms with E-state index in [-0.39, 0.29) is 23.9 Å². The summed E-state index contributed by atoms with van der Waals surface area (Å²) in [5.41, 5.74) is 0.242. The lowest BCUT2D eigenvalue weighted by Gasteiger charge is -2.34. The van der Waals surface area contributed by atoms with Crippen LogP contribution in [0.3, 0.4) is 0 Å². The molecule has 2 rings (SSSR count). The Morgan fingerprint density at radius 2 is 1.68 bits per heavy atom. The van der Waals surface area contributed by atoms with Gasteiger partial charge in [0.05, 0.1) is 36.2 Å². The van der Waals surface area contributed by atoms with Crippen LogP contribution in [0.5, 0.6) is 11.5 Å². The van der Waals surface area contributed by atoms with E-state index in [1.165, 1.54) is 31.3 Å². The first-order valence-corrected chi connectivity index (χ1v) is 14.5. The van der Waals surface area contributed by atoms with Gasteiger partial charge < -0.3 is 19.7 Å². The highest BCUT2D eigenvalue weighted by Gasteiger charge is 2.34. The second-order valence-electron chi connectivity index (χ2n) is 9.74. The molecule has 0 saturated carbocycles. The van der Waals surface area contributed by atoms with Crippen molar-refractivity contribution in [3.05, 3.63) is 52.0 Å². The van der Waals surface area contributed by atoms with E-state index >= 15 is 0 Å². The number of carbonyl (C=O) groups is 2. The van der Waals surface area contributed by atoms with E-state index in [2.05, 4.69) is 5.32 Å². The number of carbonyl (C=O) groups excluding carboxylic acids is 2. The van der Waals surface area contributed by atoms with Gasteiger partial charge >= 0.3 is 0 Å². The van der Waals surface area contributed by atoms with Crippen molar-refractivity contribution in [2.45, 2.75) is 52.2 Å². The standard InChI is InChI=1S/C26H35Cl2N3O6S/c1-8-21(25(33)29-26(2,3)4)30(15-17-9-11-19(27)20(28)13-17)24(32)16-31(38(7,34)35)22-12-10-18(36-5)14-23(22)37-6/h9-14,21H,8,15-16H2,1-7H3,(H,29,33)/t21-/m0/s1. The Balaban J connectivity index is 2.55. The largest absolute Gasteiger partial charge is 0.497 e. The summed E-state index contributed by atoms with van der Waals surface area (Å²) < 4.78 is 37.3. The molecule has 0 aliphatic rings. The lowest BCUT2D eigenvalue weighted by atomic mass is 10.1. The lowest BCUT2D eigenvalue weighted by molar-refractivity contribution is -0.141. The number of hydrogen-bond acceptors (Lipinski definition) is 6. The molecule has 210 valence electrons. The second-order valence-corrected chi connectivity index (χ2v) is 12.5. The molecule has 0 radical (unpaired) electrons. The number of nitrogens with one attached hydrogen (secondary N) is 1. The molecule has 0 fully saturated rings. The summed E-state index contributed by atoms with van der Waals surface area (Å²) in [6, 6.07) is 8.62. The van der Waals surface area contributed by atoms with Crippen molar-refractivity contribution in [3.63, 3.8) is 0 Å².